The zero-order valence-electron chi connectivity index (χ0n) is 14.0. The van der Waals surface area contributed by atoms with E-state index in [2.05, 4.69) is 60.2 Å². The summed E-state index contributed by atoms with van der Waals surface area (Å²) in [5, 5.41) is 15.2. The van der Waals surface area contributed by atoms with Crippen LogP contribution >= 0.6 is 15.9 Å². The van der Waals surface area contributed by atoms with Crippen molar-refractivity contribution in [3.8, 4) is 6.07 Å². The predicted molar refractivity (Wildman–Crippen MR) is 103 cm³/mol. The average Bonchev–Trinajstić information content (AvgIpc) is 3.01. The number of H-pyrrole nitrogens is 1. The minimum Gasteiger partial charge on any atom is -0.366 e. The van der Waals surface area contributed by atoms with Gasteiger partial charge in [-0.3, -0.25) is 0 Å². The summed E-state index contributed by atoms with van der Waals surface area (Å²) in [6.07, 6.45) is 5.66. The molecule has 2 N–H and O–H groups in total. The summed E-state index contributed by atoms with van der Waals surface area (Å²) in [7, 11) is 0. The fourth-order valence-corrected chi connectivity index (χ4v) is 4.14. The maximum atomic E-state index is 9.70. The highest BCUT2D eigenvalue weighted by molar-refractivity contribution is 9.10. The van der Waals surface area contributed by atoms with E-state index in [0.717, 1.165) is 64.6 Å². The molecule has 6 nitrogen and oxygen atoms in total. The lowest BCUT2D eigenvalue weighted by Gasteiger charge is -2.36. The van der Waals surface area contributed by atoms with Gasteiger partial charge in [-0.25, -0.2) is 9.97 Å². The molecule has 3 aromatic heterocycles. The van der Waals surface area contributed by atoms with Crippen LogP contribution < -0.4 is 10.2 Å². The van der Waals surface area contributed by atoms with Crippen molar-refractivity contribution in [3.63, 3.8) is 0 Å². The maximum Gasteiger partial charge on any atom is 0.164 e. The number of halogens is 1. The van der Waals surface area contributed by atoms with Crippen LogP contribution in [-0.4, -0.2) is 40.6 Å². The van der Waals surface area contributed by atoms with E-state index in [4.69, 9.17) is 0 Å². The number of piperidine rings is 1. The SMILES string of the molecule is CCN(c1c(C#N)ncc2[nH]c3ncc(Br)cc3c12)C1CCNCC1. The number of aromatic nitrogens is 3. The van der Waals surface area contributed by atoms with Crippen molar-refractivity contribution in [3.05, 3.63) is 28.6 Å². The van der Waals surface area contributed by atoms with Crippen LogP contribution in [0, 0.1) is 11.3 Å². The van der Waals surface area contributed by atoms with Crippen LogP contribution in [0.2, 0.25) is 0 Å². The molecule has 1 aliphatic rings. The molecule has 0 spiro atoms. The summed E-state index contributed by atoms with van der Waals surface area (Å²) >= 11 is 3.51. The van der Waals surface area contributed by atoms with Crippen molar-refractivity contribution in [1.82, 2.24) is 20.3 Å². The Morgan fingerprint density at radius 2 is 2.12 bits per heavy atom. The van der Waals surface area contributed by atoms with Gasteiger partial charge in [0, 0.05) is 34.0 Å². The molecule has 1 saturated heterocycles. The first-order valence-electron chi connectivity index (χ1n) is 8.56. The van der Waals surface area contributed by atoms with Gasteiger partial charge in [-0.1, -0.05) is 0 Å². The van der Waals surface area contributed by atoms with Crippen LogP contribution in [0.3, 0.4) is 0 Å². The van der Waals surface area contributed by atoms with Gasteiger partial charge in [0.1, 0.15) is 11.7 Å². The van der Waals surface area contributed by atoms with Gasteiger partial charge in [-0.15, -0.1) is 0 Å². The van der Waals surface area contributed by atoms with Crippen LogP contribution in [0.1, 0.15) is 25.5 Å². The molecule has 128 valence electrons. The Morgan fingerprint density at radius 1 is 1.32 bits per heavy atom. The highest BCUT2D eigenvalue weighted by Crippen LogP contribution is 2.37. The lowest BCUT2D eigenvalue weighted by atomic mass is 10.0. The summed E-state index contributed by atoms with van der Waals surface area (Å²) in [4.78, 5) is 14.6. The fraction of sp³-hybridized carbons (Fsp3) is 0.389. The summed E-state index contributed by atoms with van der Waals surface area (Å²) in [6, 6.07) is 4.77. The Balaban J connectivity index is 2.00. The van der Waals surface area contributed by atoms with Crippen LogP contribution in [0.5, 0.6) is 0 Å². The van der Waals surface area contributed by atoms with Crippen molar-refractivity contribution in [2.45, 2.75) is 25.8 Å². The van der Waals surface area contributed by atoms with Crippen LogP contribution in [0.15, 0.2) is 22.9 Å². The molecule has 0 radical (unpaired) electrons. The third kappa shape index (κ3) is 2.75. The molecular formula is C18H19BrN6. The minimum absolute atomic E-state index is 0.413. The van der Waals surface area contributed by atoms with Gasteiger partial charge in [0.2, 0.25) is 0 Å². The molecule has 0 atom stereocenters. The second-order valence-corrected chi connectivity index (χ2v) is 7.21. The van der Waals surface area contributed by atoms with Crippen molar-refractivity contribution >= 4 is 43.6 Å². The summed E-state index contributed by atoms with van der Waals surface area (Å²) in [5.41, 5.74) is 3.15. The van der Waals surface area contributed by atoms with E-state index in [0.29, 0.717) is 11.7 Å². The molecule has 3 aromatic rings. The maximum absolute atomic E-state index is 9.70. The first-order chi connectivity index (χ1) is 12.2. The first kappa shape index (κ1) is 16.3. The van der Waals surface area contributed by atoms with E-state index in [1.807, 2.05) is 0 Å². The fourth-order valence-electron chi connectivity index (χ4n) is 3.80. The smallest absolute Gasteiger partial charge is 0.164 e. The van der Waals surface area contributed by atoms with Gasteiger partial charge in [0.25, 0.3) is 0 Å². The number of anilines is 1. The Hall–Kier alpha value is -2.17. The largest absolute Gasteiger partial charge is 0.366 e. The number of hydrogen-bond acceptors (Lipinski definition) is 5. The van der Waals surface area contributed by atoms with E-state index in [9.17, 15) is 5.26 Å². The molecule has 1 fully saturated rings. The van der Waals surface area contributed by atoms with E-state index in [1.54, 1.807) is 12.4 Å². The van der Waals surface area contributed by atoms with Crippen LogP contribution in [-0.2, 0) is 0 Å². The minimum atomic E-state index is 0.413. The highest BCUT2D eigenvalue weighted by Gasteiger charge is 2.26. The van der Waals surface area contributed by atoms with E-state index >= 15 is 0 Å². The number of nitriles is 1. The van der Waals surface area contributed by atoms with Gasteiger partial charge < -0.3 is 15.2 Å². The first-order valence-corrected chi connectivity index (χ1v) is 9.35. The lowest BCUT2D eigenvalue weighted by Crippen LogP contribution is -2.43. The molecule has 0 aliphatic carbocycles. The molecule has 1 aliphatic heterocycles. The molecule has 0 saturated carbocycles. The molecular weight excluding hydrogens is 380 g/mol. The Bertz CT molecular complexity index is 967. The second-order valence-electron chi connectivity index (χ2n) is 6.30. The Kier molecular flexibility index (Phi) is 4.32. The zero-order valence-corrected chi connectivity index (χ0v) is 15.6. The molecule has 7 heteroatoms. The van der Waals surface area contributed by atoms with Crippen molar-refractivity contribution < 1.29 is 0 Å². The molecule has 0 aromatic carbocycles. The number of nitrogens with one attached hydrogen (secondary N) is 2. The zero-order chi connectivity index (χ0) is 17.4. The molecule has 0 unspecified atom stereocenters. The predicted octanol–water partition coefficient (Wildman–Crippen LogP) is 3.32. The molecule has 25 heavy (non-hydrogen) atoms. The van der Waals surface area contributed by atoms with Crippen molar-refractivity contribution in [1.29, 1.82) is 5.26 Å². The standard InChI is InChI=1S/C18H19BrN6/c1-2-25(12-3-5-21-6-4-12)17-14(8-20)22-10-15-16(17)13-7-11(19)9-23-18(13)24-15/h7,9-10,12,21H,2-6H2,1H3,(H,23,24). The number of pyridine rings is 2. The number of nitrogens with zero attached hydrogens (tertiary/aromatic N) is 4. The third-order valence-corrected chi connectivity index (χ3v) is 5.35. The van der Waals surface area contributed by atoms with Gasteiger partial charge in [-0.05, 0) is 54.9 Å². The molecule has 0 amide bonds. The second kappa shape index (κ2) is 6.62. The topological polar surface area (TPSA) is 80.6 Å². The Morgan fingerprint density at radius 3 is 2.84 bits per heavy atom. The normalized spacial score (nSPS) is 15.6. The number of fused-ring (bicyclic) bond motifs is 3. The van der Waals surface area contributed by atoms with Gasteiger partial charge in [-0.2, -0.15) is 5.26 Å². The third-order valence-electron chi connectivity index (χ3n) is 4.91. The molecule has 0 bridgehead atoms. The van der Waals surface area contributed by atoms with E-state index in [1.165, 1.54) is 0 Å². The van der Waals surface area contributed by atoms with Crippen molar-refractivity contribution in [2.24, 2.45) is 0 Å². The summed E-state index contributed by atoms with van der Waals surface area (Å²) in [6.45, 7) is 5.00. The van der Waals surface area contributed by atoms with Gasteiger partial charge >= 0.3 is 0 Å². The average molecular weight is 399 g/mol. The lowest BCUT2D eigenvalue weighted by molar-refractivity contribution is 0.434. The van der Waals surface area contributed by atoms with Crippen molar-refractivity contribution in [2.75, 3.05) is 24.5 Å². The molecule has 4 heterocycles. The Labute approximate surface area is 154 Å². The number of hydrogen-bond donors (Lipinski definition) is 2. The highest BCUT2D eigenvalue weighted by atomic mass is 79.9. The summed E-state index contributed by atoms with van der Waals surface area (Å²) in [5.74, 6) is 0. The molecule has 4 rings (SSSR count). The quantitative estimate of drug-likeness (QED) is 0.706. The monoisotopic (exact) mass is 398 g/mol. The van der Waals surface area contributed by atoms with Crippen LogP contribution in [0.25, 0.3) is 21.9 Å². The van der Waals surface area contributed by atoms with Gasteiger partial charge in [0.15, 0.2) is 5.69 Å². The summed E-state index contributed by atoms with van der Waals surface area (Å²) < 4.78 is 0.923. The van der Waals surface area contributed by atoms with Gasteiger partial charge in [0.05, 0.1) is 17.4 Å². The number of aromatic amines is 1. The van der Waals surface area contributed by atoms with E-state index < -0.39 is 0 Å². The van der Waals surface area contributed by atoms with Crippen LogP contribution in [0.4, 0.5) is 5.69 Å². The van der Waals surface area contributed by atoms with E-state index in [-0.39, 0.29) is 0 Å². The number of rotatable bonds is 3.